The second kappa shape index (κ2) is 4.80. The van der Waals surface area contributed by atoms with Crippen LogP contribution >= 0.6 is 0 Å². The molecular weight excluding hydrogens is 254 g/mol. The molecule has 2 heterocycles. The van der Waals surface area contributed by atoms with Gasteiger partial charge in [-0.1, -0.05) is 24.3 Å². The molecule has 0 spiro atoms. The summed E-state index contributed by atoms with van der Waals surface area (Å²) in [7, 11) is 1.75. The zero-order chi connectivity index (χ0) is 14.1. The molecule has 0 atom stereocenters. The van der Waals surface area contributed by atoms with Crippen molar-refractivity contribution in [3.63, 3.8) is 0 Å². The second-order valence-electron chi connectivity index (χ2n) is 4.62. The van der Waals surface area contributed by atoms with Crippen molar-refractivity contribution < 1.29 is 0 Å². The Labute approximate surface area is 115 Å². The second-order valence-corrected chi connectivity index (χ2v) is 4.62. The third-order valence-electron chi connectivity index (χ3n) is 3.32. The highest BCUT2D eigenvalue weighted by Crippen LogP contribution is 2.13. The number of nitrogens with one attached hydrogen (secondary N) is 2. The van der Waals surface area contributed by atoms with Crippen molar-refractivity contribution in [2.24, 2.45) is 0 Å². The van der Waals surface area contributed by atoms with Crippen LogP contribution in [-0.2, 0) is 6.54 Å². The first-order valence-corrected chi connectivity index (χ1v) is 6.37. The highest BCUT2D eigenvalue weighted by molar-refractivity contribution is 5.70. The Kier molecular flexibility index (Phi) is 2.98. The number of aromatic amines is 1. The number of nitrogens with zero attached hydrogens (tertiary/aromatic N) is 3. The van der Waals surface area contributed by atoms with Crippen LogP contribution in [0.4, 0.5) is 5.95 Å². The Balaban J connectivity index is 2.13. The van der Waals surface area contributed by atoms with Crippen LogP contribution in [0.25, 0.3) is 11.2 Å². The minimum absolute atomic E-state index is 0.175. The number of fused-ring (bicyclic) bond motifs is 1. The Morgan fingerprint density at radius 3 is 2.90 bits per heavy atom. The zero-order valence-corrected chi connectivity index (χ0v) is 11.3. The van der Waals surface area contributed by atoms with E-state index in [4.69, 9.17) is 0 Å². The number of aryl methyl sites for hydroxylation is 1. The van der Waals surface area contributed by atoms with E-state index < -0.39 is 0 Å². The summed E-state index contributed by atoms with van der Waals surface area (Å²) in [5, 5.41) is 2.88. The number of H-pyrrole nitrogens is 1. The summed E-state index contributed by atoms with van der Waals surface area (Å²) in [5.74, 6) is 0.495. The Hall–Kier alpha value is -2.63. The van der Waals surface area contributed by atoms with Gasteiger partial charge in [0.2, 0.25) is 5.95 Å². The van der Waals surface area contributed by atoms with E-state index in [0.717, 1.165) is 11.1 Å². The number of aromatic nitrogens is 4. The van der Waals surface area contributed by atoms with Crippen LogP contribution in [0.2, 0.25) is 0 Å². The standard InChI is InChI=1S/C14H15N5O/c1-9-5-3-4-6-10(9)8-19-12-11(17-14(19)20)7-16-13(15-2)18-12/h3-7H,8H2,1-2H3,(H,17,20)(H,15,16,18). The molecule has 0 aliphatic heterocycles. The fourth-order valence-electron chi connectivity index (χ4n) is 2.17. The van der Waals surface area contributed by atoms with Gasteiger partial charge < -0.3 is 10.3 Å². The number of anilines is 1. The molecule has 6 nitrogen and oxygen atoms in total. The maximum Gasteiger partial charge on any atom is 0.328 e. The molecule has 20 heavy (non-hydrogen) atoms. The Bertz CT molecular complexity index is 818. The third-order valence-corrected chi connectivity index (χ3v) is 3.32. The molecule has 102 valence electrons. The lowest BCUT2D eigenvalue weighted by Gasteiger charge is -2.06. The fourth-order valence-corrected chi connectivity index (χ4v) is 2.17. The van der Waals surface area contributed by atoms with Crippen LogP contribution in [0.5, 0.6) is 0 Å². The van der Waals surface area contributed by atoms with Crippen molar-refractivity contribution in [2.75, 3.05) is 12.4 Å². The normalized spacial score (nSPS) is 10.9. The van der Waals surface area contributed by atoms with Gasteiger partial charge >= 0.3 is 5.69 Å². The molecule has 0 saturated heterocycles. The number of benzene rings is 1. The molecular formula is C14H15N5O. The minimum atomic E-state index is -0.175. The monoisotopic (exact) mass is 269 g/mol. The van der Waals surface area contributed by atoms with Gasteiger partial charge in [-0.25, -0.2) is 9.78 Å². The zero-order valence-electron chi connectivity index (χ0n) is 11.3. The van der Waals surface area contributed by atoms with Crippen molar-refractivity contribution in [2.45, 2.75) is 13.5 Å². The molecule has 0 radical (unpaired) electrons. The van der Waals surface area contributed by atoms with Gasteiger partial charge in [0.1, 0.15) is 5.52 Å². The van der Waals surface area contributed by atoms with Gasteiger partial charge in [-0.3, -0.25) is 4.57 Å². The summed E-state index contributed by atoms with van der Waals surface area (Å²) < 4.78 is 1.63. The number of imidazole rings is 1. The molecule has 0 aliphatic carbocycles. The molecule has 0 aliphatic rings. The van der Waals surface area contributed by atoms with Crippen molar-refractivity contribution in [3.05, 3.63) is 52.1 Å². The molecule has 0 amide bonds. The largest absolute Gasteiger partial charge is 0.357 e. The molecule has 0 saturated carbocycles. The van der Waals surface area contributed by atoms with E-state index in [0.29, 0.717) is 23.7 Å². The van der Waals surface area contributed by atoms with Gasteiger partial charge in [-0.15, -0.1) is 0 Å². The van der Waals surface area contributed by atoms with Gasteiger partial charge in [0.15, 0.2) is 5.65 Å². The Morgan fingerprint density at radius 1 is 1.35 bits per heavy atom. The summed E-state index contributed by atoms with van der Waals surface area (Å²) in [4.78, 5) is 23.3. The SMILES string of the molecule is CNc1ncc2[nH]c(=O)n(Cc3ccccc3C)c2n1. The summed E-state index contributed by atoms with van der Waals surface area (Å²) in [6.45, 7) is 2.52. The minimum Gasteiger partial charge on any atom is -0.357 e. The van der Waals surface area contributed by atoms with Crippen LogP contribution in [0.3, 0.4) is 0 Å². The fraction of sp³-hybridized carbons (Fsp3) is 0.214. The van der Waals surface area contributed by atoms with Gasteiger partial charge in [0, 0.05) is 7.05 Å². The van der Waals surface area contributed by atoms with Crippen LogP contribution in [-0.4, -0.2) is 26.6 Å². The van der Waals surface area contributed by atoms with Gasteiger partial charge in [0.05, 0.1) is 12.7 Å². The molecule has 3 rings (SSSR count). The lowest BCUT2D eigenvalue weighted by molar-refractivity contribution is 0.773. The number of hydrogen-bond acceptors (Lipinski definition) is 4. The van der Waals surface area contributed by atoms with Gasteiger partial charge in [0.25, 0.3) is 0 Å². The van der Waals surface area contributed by atoms with Crippen LogP contribution < -0.4 is 11.0 Å². The average molecular weight is 269 g/mol. The third kappa shape index (κ3) is 2.05. The summed E-state index contributed by atoms with van der Waals surface area (Å²) >= 11 is 0. The number of rotatable bonds is 3. The van der Waals surface area contributed by atoms with Crippen LogP contribution in [0, 0.1) is 6.92 Å². The highest BCUT2D eigenvalue weighted by atomic mass is 16.1. The molecule has 2 aromatic heterocycles. The van der Waals surface area contributed by atoms with Crippen molar-refractivity contribution in [1.82, 2.24) is 19.5 Å². The van der Waals surface area contributed by atoms with Crippen molar-refractivity contribution in [3.8, 4) is 0 Å². The van der Waals surface area contributed by atoms with E-state index in [-0.39, 0.29) is 5.69 Å². The van der Waals surface area contributed by atoms with Crippen molar-refractivity contribution in [1.29, 1.82) is 0 Å². The smallest absolute Gasteiger partial charge is 0.328 e. The quantitative estimate of drug-likeness (QED) is 0.756. The average Bonchev–Trinajstić information content (AvgIpc) is 2.77. The molecule has 2 N–H and O–H groups in total. The first-order chi connectivity index (χ1) is 9.69. The molecule has 0 fully saturated rings. The van der Waals surface area contributed by atoms with E-state index in [1.165, 1.54) is 0 Å². The van der Waals surface area contributed by atoms with E-state index in [1.807, 2.05) is 31.2 Å². The summed E-state index contributed by atoms with van der Waals surface area (Å²) in [6, 6.07) is 8.00. The van der Waals surface area contributed by atoms with E-state index in [1.54, 1.807) is 17.8 Å². The van der Waals surface area contributed by atoms with Gasteiger partial charge in [-0.2, -0.15) is 4.98 Å². The topological polar surface area (TPSA) is 75.6 Å². The lowest BCUT2D eigenvalue weighted by Crippen LogP contribution is -2.18. The van der Waals surface area contributed by atoms with Crippen LogP contribution in [0.1, 0.15) is 11.1 Å². The summed E-state index contributed by atoms with van der Waals surface area (Å²) in [5.41, 5.74) is 3.32. The molecule has 0 bridgehead atoms. The van der Waals surface area contributed by atoms with E-state index in [2.05, 4.69) is 20.3 Å². The molecule has 6 heteroatoms. The highest BCUT2D eigenvalue weighted by Gasteiger charge is 2.10. The Morgan fingerprint density at radius 2 is 2.15 bits per heavy atom. The maximum absolute atomic E-state index is 12.1. The first-order valence-electron chi connectivity index (χ1n) is 6.37. The van der Waals surface area contributed by atoms with Crippen LogP contribution in [0.15, 0.2) is 35.3 Å². The molecule has 1 aromatic carbocycles. The predicted octanol–water partition coefficient (Wildman–Crippen LogP) is 1.52. The first kappa shape index (κ1) is 12.4. The van der Waals surface area contributed by atoms with Gasteiger partial charge in [-0.05, 0) is 18.1 Å². The maximum atomic E-state index is 12.1. The van der Waals surface area contributed by atoms with E-state index >= 15 is 0 Å². The predicted molar refractivity (Wildman–Crippen MR) is 78.0 cm³/mol. The number of hydrogen-bond donors (Lipinski definition) is 2. The summed E-state index contributed by atoms with van der Waals surface area (Å²) in [6.07, 6.45) is 1.61. The lowest BCUT2D eigenvalue weighted by atomic mass is 10.1. The molecule has 3 aromatic rings. The van der Waals surface area contributed by atoms with Crippen molar-refractivity contribution >= 4 is 17.1 Å². The van der Waals surface area contributed by atoms with E-state index in [9.17, 15) is 4.79 Å². The molecule has 0 unspecified atom stereocenters.